The van der Waals surface area contributed by atoms with Gasteiger partial charge in [-0.1, -0.05) is 25.1 Å². The molecule has 1 fully saturated rings. The van der Waals surface area contributed by atoms with Gasteiger partial charge in [-0.25, -0.2) is 0 Å². The van der Waals surface area contributed by atoms with Crippen molar-refractivity contribution in [2.24, 2.45) is 0 Å². The third-order valence-electron chi connectivity index (χ3n) is 4.31. The summed E-state index contributed by atoms with van der Waals surface area (Å²) < 4.78 is 0. The summed E-state index contributed by atoms with van der Waals surface area (Å²) >= 11 is 1.64. The van der Waals surface area contributed by atoms with Crippen LogP contribution in [0.4, 0.5) is 11.4 Å². The van der Waals surface area contributed by atoms with E-state index in [-0.39, 0.29) is 17.2 Å². The van der Waals surface area contributed by atoms with Gasteiger partial charge in [0.2, 0.25) is 11.8 Å². The Morgan fingerprint density at radius 3 is 2.42 bits per heavy atom. The van der Waals surface area contributed by atoms with Crippen LogP contribution in [0.5, 0.6) is 0 Å². The number of hydrogen-bond donors (Lipinski definition) is 1. The molecule has 1 N–H and O–H groups in total. The second-order valence-corrected chi connectivity index (χ2v) is 7.76. The van der Waals surface area contributed by atoms with E-state index in [1.807, 2.05) is 49.9 Å². The lowest BCUT2D eigenvalue weighted by Gasteiger charge is -2.25. The van der Waals surface area contributed by atoms with Crippen molar-refractivity contribution in [1.29, 1.82) is 0 Å². The number of benzene rings is 2. The highest BCUT2D eigenvalue weighted by Crippen LogP contribution is 2.42. The van der Waals surface area contributed by atoms with Crippen LogP contribution < -0.4 is 10.2 Å². The van der Waals surface area contributed by atoms with Crippen molar-refractivity contribution in [1.82, 2.24) is 0 Å². The highest BCUT2D eigenvalue weighted by atomic mass is 32.2. The van der Waals surface area contributed by atoms with Crippen molar-refractivity contribution in [3.8, 4) is 0 Å². The molecule has 26 heavy (non-hydrogen) atoms. The molecule has 2 aromatic carbocycles. The normalized spacial score (nSPS) is 16.8. The van der Waals surface area contributed by atoms with Crippen LogP contribution in [0, 0.1) is 13.8 Å². The van der Waals surface area contributed by atoms with Crippen molar-refractivity contribution in [3.63, 3.8) is 0 Å². The number of nitrogens with one attached hydrogen (secondary N) is 1. The van der Waals surface area contributed by atoms with Gasteiger partial charge in [-0.2, -0.15) is 0 Å². The summed E-state index contributed by atoms with van der Waals surface area (Å²) in [6, 6.07) is 14.0. The maximum Gasteiger partial charge on any atom is 0.238 e. The lowest BCUT2D eigenvalue weighted by molar-refractivity contribution is -0.116. The van der Waals surface area contributed by atoms with Gasteiger partial charge in [0.25, 0.3) is 0 Å². The van der Waals surface area contributed by atoms with Gasteiger partial charge in [-0.3, -0.25) is 14.5 Å². The Labute approximate surface area is 159 Å². The number of carbonyl (C=O) groups excluding carboxylic acids is 2. The minimum atomic E-state index is -0.0379. The predicted molar refractivity (Wildman–Crippen MR) is 109 cm³/mol. The summed E-state index contributed by atoms with van der Waals surface area (Å²) in [5, 5.41) is 2.86. The molecular formula is C21H24N2O2S. The third kappa shape index (κ3) is 4.10. The Bertz CT molecular complexity index is 797. The number of rotatable bonds is 5. The maximum atomic E-state index is 12.5. The minimum Gasteiger partial charge on any atom is -0.326 e. The van der Waals surface area contributed by atoms with E-state index >= 15 is 0 Å². The van der Waals surface area contributed by atoms with E-state index in [4.69, 9.17) is 0 Å². The molecule has 2 amide bonds. The second-order valence-electron chi connectivity index (χ2n) is 6.69. The van der Waals surface area contributed by atoms with Gasteiger partial charge in [-0.15, -0.1) is 11.8 Å². The zero-order chi connectivity index (χ0) is 18.7. The zero-order valence-electron chi connectivity index (χ0n) is 15.4. The van der Waals surface area contributed by atoms with E-state index in [0.717, 1.165) is 34.5 Å². The quantitative estimate of drug-likeness (QED) is 0.823. The van der Waals surface area contributed by atoms with Crippen LogP contribution >= 0.6 is 11.8 Å². The van der Waals surface area contributed by atoms with E-state index in [1.54, 1.807) is 11.8 Å². The van der Waals surface area contributed by atoms with Crippen LogP contribution in [0.2, 0.25) is 0 Å². The van der Waals surface area contributed by atoms with E-state index in [2.05, 4.69) is 23.5 Å². The average Bonchev–Trinajstić information content (AvgIpc) is 2.96. The number of aryl methyl sites for hydroxylation is 2. The van der Waals surface area contributed by atoms with Crippen LogP contribution in [0.1, 0.15) is 41.8 Å². The molecule has 0 aliphatic carbocycles. The molecular weight excluding hydrogens is 344 g/mol. The van der Waals surface area contributed by atoms with E-state index < -0.39 is 0 Å². The van der Waals surface area contributed by atoms with Gasteiger partial charge in [0, 0.05) is 17.8 Å². The van der Waals surface area contributed by atoms with E-state index in [0.29, 0.717) is 12.2 Å². The smallest absolute Gasteiger partial charge is 0.238 e. The molecule has 0 bridgehead atoms. The highest BCUT2D eigenvalue weighted by Gasteiger charge is 2.34. The van der Waals surface area contributed by atoms with Gasteiger partial charge >= 0.3 is 0 Å². The van der Waals surface area contributed by atoms with Crippen molar-refractivity contribution in [2.45, 2.75) is 39.0 Å². The molecule has 0 spiro atoms. The Hall–Kier alpha value is -2.27. The molecule has 0 saturated carbocycles. The molecule has 136 valence electrons. The number of hydrogen-bond acceptors (Lipinski definition) is 3. The van der Waals surface area contributed by atoms with Crippen LogP contribution in [-0.4, -0.2) is 17.6 Å². The molecule has 1 atom stereocenters. The summed E-state index contributed by atoms with van der Waals surface area (Å²) in [4.78, 5) is 26.1. The number of carbonyl (C=O) groups is 2. The summed E-state index contributed by atoms with van der Waals surface area (Å²) in [6.07, 6.45) is 1.35. The molecule has 0 unspecified atom stereocenters. The van der Waals surface area contributed by atoms with Gasteiger partial charge in [0.05, 0.1) is 5.75 Å². The molecule has 1 saturated heterocycles. The fourth-order valence-electron chi connectivity index (χ4n) is 3.22. The topological polar surface area (TPSA) is 49.4 Å². The number of amides is 2. The first kappa shape index (κ1) is 18.5. The van der Waals surface area contributed by atoms with Crippen LogP contribution in [0.3, 0.4) is 0 Å². The van der Waals surface area contributed by atoms with Crippen molar-refractivity contribution in [3.05, 3.63) is 59.2 Å². The second kappa shape index (κ2) is 7.96. The van der Waals surface area contributed by atoms with Gasteiger partial charge < -0.3 is 5.32 Å². The van der Waals surface area contributed by atoms with Crippen LogP contribution in [0.25, 0.3) is 0 Å². The fourth-order valence-corrected chi connectivity index (χ4v) is 4.40. The maximum absolute atomic E-state index is 12.5. The highest BCUT2D eigenvalue weighted by molar-refractivity contribution is 8.00. The fraction of sp³-hybridized carbons (Fsp3) is 0.333. The van der Waals surface area contributed by atoms with Crippen molar-refractivity contribution < 1.29 is 9.59 Å². The molecule has 2 aromatic rings. The number of nitrogens with zero attached hydrogens (tertiary/aromatic N) is 1. The summed E-state index contributed by atoms with van der Waals surface area (Å²) in [5.74, 6) is 0.639. The zero-order valence-corrected chi connectivity index (χ0v) is 16.2. The van der Waals surface area contributed by atoms with Gasteiger partial charge in [-0.05, 0) is 61.2 Å². The number of anilines is 2. The number of thioether (sulfide) groups is 1. The predicted octanol–water partition coefficient (Wildman–Crippen LogP) is 4.82. The van der Waals surface area contributed by atoms with Crippen molar-refractivity contribution >= 4 is 35.0 Å². The molecule has 4 nitrogen and oxygen atoms in total. The Morgan fingerprint density at radius 1 is 1.15 bits per heavy atom. The van der Waals surface area contributed by atoms with E-state index in [9.17, 15) is 9.59 Å². The lowest BCUT2D eigenvalue weighted by Crippen LogP contribution is -2.28. The van der Waals surface area contributed by atoms with Gasteiger partial charge in [0.1, 0.15) is 5.37 Å². The Balaban J connectivity index is 1.83. The third-order valence-corrected chi connectivity index (χ3v) is 5.52. The molecule has 1 aliphatic rings. The van der Waals surface area contributed by atoms with Crippen molar-refractivity contribution in [2.75, 3.05) is 16.0 Å². The lowest BCUT2D eigenvalue weighted by atomic mass is 10.1. The molecule has 5 heteroatoms. The average molecular weight is 369 g/mol. The summed E-state index contributed by atoms with van der Waals surface area (Å²) in [7, 11) is 0. The Morgan fingerprint density at radius 2 is 1.81 bits per heavy atom. The monoisotopic (exact) mass is 368 g/mol. The molecule has 3 rings (SSSR count). The first-order valence-electron chi connectivity index (χ1n) is 8.89. The standard InChI is InChI=1S/C21H24N2O2S/c1-4-5-19(24)22-17-8-6-16(7-9-17)21-23(20(25)13-26-21)18-11-14(2)10-15(3)12-18/h6-12,21H,4-5,13H2,1-3H3,(H,22,24)/t21-/m1/s1. The SMILES string of the molecule is CCCC(=O)Nc1ccc([C@H]2SCC(=O)N2c2cc(C)cc(C)c2)cc1. The first-order valence-corrected chi connectivity index (χ1v) is 9.94. The summed E-state index contributed by atoms with van der Waals surface area (Å²) in [5.41, 5.74) is 5.10. The minimum absolute atomic E-state index is 0.0301. The van der Waals surface area contributed by atoms with E-state index in [1.165, 1.54) is 0 Å². The molecule has 0 aromatic heterocycles. The van der Waals surface area contributed by atoms with Crippen LogP contribution in [0.15, 0.2) is 42.5 Å². The summed E-state index contributed by atoms with van der Waals surface area (Å²) in [6.45, 7) is 6.08. The molecule has 1 aliphatic heterocycles. The Kier molecular flexibility index (Phi) is 5.67. The molecule has 0 radical (unpaired) electrons. The van der Waals surface area contributed by atoms with Gasteiger partial charge in [0.15, 0.2) is 0 Å². The first-order chi connectivity index (χ1) is 12.5. The largest absolute Gasteiger partial charge is 0.326 e. The van der Waals surface area contributed by atoms with Crippen LogP contribution in [-0.2, 0) is 9.59 Å². The molecule has 1 heterocycles.